The van der Waals surface area contributed by atoms with Crippen molar-refractivity contribution in [3.8, 4) is 11.5 Å². The van der Waals surface area contributed by atoms with Gasteiger partial charge in [-0.1, -0.05) is 24.3 Å². The van der Waals surface area contributed by atoms with Gasteiger partial charge >= 0.3 is 6.09 Å². The normalized spacial score (nSPS) is 10.1. The van der Waals surface area contributed by atoms with Gasteiger partial charge in [-0.2, -0.15) is 0 Å². The summed E-state index contributed by atoms with van der Waals surface area (Å²) in [6, 6.07) is 13.8. The molecule has 0 radical (unpaired) electrons. The third-order valence-electron chi connectivity index (χ3n) is 2.97. The van der Waals surface area contributed by atoms with E-state index < -0.39 is 6.09 Å². The standard InChI is InChI=1S/C16H17NO3/c1-3-17(15-11-13(18)10-9-12(15)2)16(19)20-14-7-5-4-6-8-14/h4-11,18H,3H2,1-2H3. The fourth-order valence-electron chi connectivity index (χ4n) is 1.93. The first-order valence-corrected chi connectivity index (χ1v) is 6.46. The molecule has 0 unspecified atom stereocenters. The maximum absolute atomic E-state index is 12.2. The molecule has 0 saturated heterocycles. The van der Waals surface area contributed by atoms with Crippen LogP contribution < -0.4 is 9.64 Å². The molecule has 0 aromatic heterocycles. The number of amides is 1. The number of carbonyl (C=O) groups excluding carboxylic acids is 1. The highest BCUT2D eigenvalue weighted by Gasteiger charge is 2.18. The van der Waals surface area contributed by atoms with Crippen LogP contribution in [-0.4, -0.2) is 17.7 Å². The minimum Gasteiger partial charge on any atom is -0.508 e. The lowest BCUT2D eigenvalue weighted by molar-refractivity contribution is 0.208. The van der Waals surface area contributed by atoms with E-state index >= 15 is 0 Å². The second kappa shape index (κ2) is 6.10. The number of phenols is 1. The zero-order chi connectivity index (χ0) is 14.5. The zero-order valence-corrected chi connectivity index (χ0v) is 11.5. The van der Waals surface area contributed by atoms with Gasteiger partial charge in [0, 0.05) is 12.6 Å². The van der Waals surface area contributed by atoms with Crippen molar-refractivity contribution in [1.29, 1.82) is 0 Å². The molecule has 1 amide bonds. The highest BCUT2D eigenvalue weighted by Crippen LogP contribution is 2.25. The molecule has 20 heavy (non-hydrogen) atoms. The first kappa shape index (κ1) is 13.9. The number of nitrogens with zero attached hydrogens (tertiary/aromatic N) is 1. The van der Waals surface area contributed by atoms with E-state index in [0.29, 0.717) is 18.0 Å². The molecule has 0 aliphatic carbocycles. The Balaban J connectivity index is 2.23. The number of hydrogen-bond donors (Lipinski definition) is 1. The number of phenolic OH excluding ortho intramolecular Hbond substituents is 1. The summed E-state index contributed by atoms with van der Waals surface area (Å²) in [7, 11) is 0. The van der Waals surface area contributed by atoms with Crippen LogP contribution in [0, 0.1) is 6.92 Å². The van der Waals surface area contributed by atoms with Gasteiger partial charge < -0.3 is 9.84 Å². The van der Waals surface area contributed by atoms with E-state index in [-0.39, 0.29) is 5.75 Å². The number of aryl methyl sites for hydroxylation is 1. The quantitative estimate of drug-likeness (QED) is 0.925. The number of hydrogen-bond acceptors (Lipinski definition) is 3. The summed E-state index contributed by atoms with van der Waals surface area (Å²) in [6.45, 7) is 4.19. The Labute approximate surface area is 118 Å². The van der Waals surface area contributed by atoms with Crippen molar-refractivity contribution in [3.63, 3.8) is 0 Å². The van der Waals surface area contributed by atoms with Crippen LogP contribution in [0.4, 0.5) is 10.5 Å². The minimum atomic E-state index is -0.465. The smallest absolute Gasteiger partial charge is 0.419 e. The summed E-state index contributed by atoms with van der Waals surface area (Å²) in [5, 5.41) is 9.57. The van der Waals surface area contributed by atoms with Crippen LogP contribution in [0.5, 0.6) is 11.5 Å². The molecule has 0 aliphatic heterocycles. The summed E-state index contributed by atoms with van der Waals surface area (Å²) in [6.07, 6.45) is -0.465. The summed E-state index contributed by atoms with van der Waals surface area (Å²) in [4.78, 5) is 13.7. The number of carbonyl (C=O) groups is 1. The van der Waals surface area contributed by atoms with E-state index in [9.17, 15) is 9.90 Å². The number of ether oxygens (including phenoxy) is 1. The Morgan fingerprint density at radius 2 is 1.90 bits per heavy atom. The third kappa shape index (κ3) is 3.09. The molecular weight excluding hydrogens is 254 g/mol. The van der Waals surface area contributed by atoms with Crippen molar-refractivity contribution >= 4 is 11.8 Å². The van der Waals surface area contributed by atoms with Crippen LogP contribution >= 0.6 is 0 Å². The van der Waals surface area contributed by atoms with Gasteiger partial charge in [-0.3, -0.25) is 4.90 Å². The van der Waals surface area contributed by atoms with Crippen molar-refractivity contribution in [2.75, 3.05) is 11.4 Å². The van der Waals surface area contributed by atoms with Gasteiger partial charge in [0.1, 0.15) is 11.5 Å². The van der Waals surface area contributed by atoms with E-state index in [1.54, 1.807) is 42.5 Å². The Morgan fingerprint density at radius 3 is 2.55 bits per heavy atom. The molecule has 0 heterocycles. The van der Waals surface area contributed by atoms with Crippen molar-refractivity contribution in [2.45, 2.75) is 13.8 Å². The summed E-state index contributed by atoms with van der Waals surface area (Å²) < 4.78 is 5.32. The molecule has 2 rings (SSSR count). The topological polar surface area (TPSA) is 49.8 Å². The van der Waals surface area contributed by atoms with Crippen molar-refractivity contribution < 1.29 is 14.6 Å². The maximum atomic E-state index is 12.2. The lowest BCUT2D eigenvalue weighted by Gasteiger charge is -2.22. The number of rotatable bonds is 3. The fraction of sp³-hybridized carbons (Fsp3) is 0.188. The van der Waals surface area contributed by atoms with Crippen LogP contribution in [0.2, 0.25) is 0 Å². The molecule has 0 atom stereocenters. The Hall–Kier alpha value is -2.49. The van der Waals surface area contributed by atoms with Gasteiger partial charge in [-0.15, -0.1) is 0 Å². The predicted molar refractivity (Wildman–Crippen MR) is 78.3 cm³/mol. The second-order valence-electron chi connectivity index (χ2n) is 4.40. The summed E-state index contributed by atoms with van der Waals surface area (Å²) in [5.74, 6) is 0.616. The molecule has 0 spiro atoms. The highest BCUT2D eigenvalue weighted by atomic mass is 16.6. The van der Waals surface area contributed by atoms with Gasteiger partial charge in [-0.05, 0) is 37.6 Å². The first-order chi connectivity index (χ1) is 9.61. The molecule has 0 fully saturated rings. The summed E-state index contributed by atoms with van der Waals surface area (Å²) >= 11 is 0. The molecule has 0 bridgehead atoms. The molecular formula is C16H17NO3. The zero-order valence-electron chi connectivity index (χ0n) is 11.5. The van der Waals surface area contributed by atoms with E-state index in [1.807, 2.05) is 19.9 Å². The molecule has 104 valence electrons. The SMILES string of the molecule is CCN(C(=O)Oc1ccccc1)c1cc(O)ccc1C. The van der Waals surface area contributed by atoms with Crippen molar-refractivity contribution in [2.24, 2.45) is 0 Å². The molecule has 4 heteroatoms. The lowest BCUT2D eigenvalue weighted by Crippen LogP contribution is -2.33. The molecule has 0 aliphatic rings. The van der Waals surface area contributed by atoms with E-state index in [4.69, 9.17) is 4.74 Å². The van der Waals surface area contributed by atoms with Gasteiger partial charge in [0.15, 0.2) is 0 Å². The average molecular weight is 271 g/mol. The van der Waals surface area contributed by atoms with Gasteiger partial charge in [0.25, 0.3) is 0 Å². The Bertz CT molecular complexity index is 596. The van der Waals surface area contributed by atoms with Gasteiger partial charge in [0.05, 0.1) is 5.69 Å². The van der Waals surface area contributed by atoms with E-state index in [1.165, 1.54) is 4.90 Å². The van der Waals surface area contributed by atoms with Crippen molar-refractivity contribution in [3.05, 3.63) is 54.1 Å². The van der Waals surface area contributed by atoms with Gasteiger partial charge in [-0.25, -0.2) is 4.79 Å². The molecule has 1 N–H and O–H groups in total. The number of benzene rings is 2. The number of para-hydroxylation sites is 1. The van der Waals surface area contributed by atoms with Crippen LogP contribution in [0.15, 0.2) is 48.5 Å². The lowest BCUT2D eigenvalue weighted by atomic mass is 10.2. The maximum Gasteiger partial charge on any atom is 0.419 e. The van der Waals surface area contributed by atoms with E-state index in [0.717, 1.165) is 5.56 Å². The van der Waals surface area contributed by atoms with Crippen LogP contribution in [0.3, 0.4) is 0 Å². The second-order valence-corrected chi connectivity index (χ2v) is 4.40. The molecule has 4 nitrogen and oxygen atoms in total. The largest absolute Gasteiger partial charge is 0.508 e. The third-order valence-corrected chi connectivity index (χ3v) is 2.97. The van der Waals surface area contributed by atoms with Crippen LogP contribution in [-0.2, 0) is 0 Å². The summed E-state index contributed by atoms with van der Waals surface area (Å²) in [5.41, 5.74) is 1.54. The van der Waals surface area contributed by atoms with Crippen LogP contribution in [0.1, 0.15) is 12.5 Å². The Kier molecular flexibility index (Phi) is 4.25. The fourth-order valence-corrected chi connectivity index (χ4v) is 1.93. The monoisotopic (exact) mass is 271 g/mol. The average Bonchev–Trinajstić information content (AvgIpc) is 2.44. The molecule has 2 aromatic rings. The number of aromatic hydroxyl groups is 1. The van der Waals surface area contributed by atoms with Crippen LogP contribution in [0.25, 0.3) is 0 Å². The number of anilines is 1. The molecule has 0 saturated carbocycles. The van der Waals surface area contributed by atoms with Gasteiger partial charge in [0.2, 0.25) is 0 Å². The first-order valence-electron chi connectivity index (χ1n) is 6.46. The Morgan fingerprint density at radius 1 is 1.20 bits per heavy atom. The predicted octanol–water partition coefficient (Wildman–Crippen LogP) is 3.73. The highest BCUT2D eigenvalue weighted by molar-refractivity contribution is 5.90. The molecule has 2 aromatic carbocycles. The van der Waals surface area contributed by atoms with Crippen molar-refractivity contribution in [1.82, 2.24) is 0 Å². The van der Waals surface area contributed by atoms with E-state index in [2.05, 4.69) is 0 Å². The minimum absolute atomic E-state index is 0.122.